The SMILES string of the molecule is CC1=C(NCCSSC[C@@H](NC(=O)[C@@H](CC(=O)O)NC(=O)[C@H](N)CNC(=O)CCC(NC(=O)c2ccc(NCc3cnc4nc(N)[nH]c(=O)c4n3)cc2)C(=O)O)C(=O)O)C(=O)C2=C(C1=O)N1C[C@@H]3N[C@@H]3C1[C@@H]2COC(N)=O. The summed E-state index contributed by atoms with van der Waals surface area (Å²) in [5, 5.41) is 47.5. The first kappa shape index (κ1) is 56.4. The van der Waals surface area contributed by atoms with Crippen molar-refractivity contribution in [2.45, 2.75) is 75.0 Å². The Bertz CT molecular complexity index is 3030. The van der Waals surface area contributed by atoms with E-state index < -0.39 is 108 Å². The number of amides is 5. The summed E-state index contributed by atoms with van der Waals surface area (Å²) < 4.78 is 5.09. The van der Waals surface area contributed by atoms with Gasteiger partial charge in [0.1, 0.15) is 30.8 Å². The molecule has 4 aliphatic rings. The van der Waals surface area contributed by atoms with E-state index in [-0.39, 0.29) is 101 Å². The van der Waals surface area contributed by atoms with Crippen LogP contribution in [-0.2, 0) is 49.6 Å². The molecule has 5 heterocycles. The Hall–Kier alpha value is -8.36. The lowest BCUT2D eigenvalue weighted by Crippen LogP contribution is -2.57. The number of hydrogen-bond acceptors (Lipinski definition) is 23. The molecule has 2 saturated heterocycles. The molecule has 3 aliphatic heterocycles. The summed E-state index contributed by atoms with van der Waals surface area (Å²) in [4.78, 5) is 155. The molecule has 7 rings (SSSR count). The minimum Gasteiger partial charge on any atom is -0.481 e. The zero-order valence-corrected chi connectivity index (χ0v) is 42.3. The van der Waals surface area contributed by atoms with E-state index in [1.807, 2.05) is 4.90 Å². The van der Waals surface area contributed by atoms with E-state index in [1.54, 1.807) is 0 Å². The number of fused-ring (bicyclic) bond motifs is 5. The topological polar surface area (TPSA) is 488 Å². The predicted molar refractivity (Wildman–Crippen MR) is 272 cm³/mol. The second-order valence-corrected chi connectivity index (χ2v) is 20.5. The Kier molecular flexibility index (Phi) is 18.0. The van der Waals surface area contributed by atoms with Gasteiger partial charge in [-0.15, -0.1) is 0 Å². The van der Waals surface area contributed by atoms with Crippen molar-refractivity contribution in [2.24, 2.45) is 17.4 Å². The lowest BCUT2D eigenvalue weighted by Gasteiger charge is -2.27. The summed E-state index contributed by atoms with van der Waals surface area (Å²) in [5.41, 5.74) is 18.0. The summed E-state index contributed by atoms with van der Waals surface area (Å²) in [6.07, 6.45) is -1.43. The average molecular weight is 1110 g/mol. The maximum atomic E-state index is 13.8. The van der Waals surface area contributed by atoms with Gasteiger partial charge in [0, 0.05) is 78.0 Å². The molecule has 2 fully saturated rings. The number of Topliss-reactive ketones (excluding diaryl/α,β-unsaturated/α-hetero) is 2. The zero-order valence-electron chi connectivity index (χ0n) is 40.7. The standard InChI is InChI=1S/C45H53N15O15S2/c1-17-30(36(65)29-21(15-75-45(48)74)33-31-25(54-31)14-60(33)34(29)35(17)64)49-8-9-76-77-16-26(43(72)73)57-40(68)24(10-28(62)63)56-39(67)22(46)13-51-27(61)7-6-23(42(70)71)55-38(66)18-2-4-19(5-3-18)50-11-20-12-52-37-32(53-20)41(69)59-44(47)58-37/h2-5,12,21-26,31,33,49-50,54H,6-11,13-16,46H2,1H3,(H2,48,74)(H,51,61)(H,55,66)(H,56,67)(H,57,68)(H,62,63)(H,70,71)(H,72,73)(H3,47,52,58,59,69)/t21-,22-,23?,24-,25+,26-,31+,33?/m1/s1. The Morgan fingerprint density at radius 2 is 1.62 bits per heavy atom. The van der Waals surface area contributed by atoms with Crippen LogP contribution in [0, 0.1) is 5.92 Å². The second-order valence-electron chi connectivity index (χ2n) is 17.9. The van der Waals surface area contributed by atoms with Gasteiger partial charge in [0.05, 0.1) is 42.3 Å². The third-order valence-corrected chi connectivity index (χ3v) is 15.1. The second kappa shape index (κ2) is 24.5. The van der Waals surface area contributed by atoms with Gasteiger partial charge in [-0.2, -0.15) is 4.98 Å². The van der Waals surface area contributed by atoms with E-state index in [9.17, 15) is 68.1 Å². The van der Waals surface area contributed by atoms with Crippen LogP contribution in [-0.4, -0.2) is 179 Å². The number of H-pyrrole nitrogens is 1. The molecular weight excluding hydrogens is 1050 g/mol. The third-order valence-electron chi connectivity index (χ3n) is 12.6. The van der Waals surface area contributed by atoms with Gasteiger partial charge in [-0.1, -0.05) is 21.6 Å². The van der Waals surface area contributed by atoms with Crippen molar-refractivity contribution in [1.29, 1.82) is 0 Å². The van der Waals surface area contributed by atoms with Crippen molar-refractivity contribution in [3.8, 4) is 0 Å². The summed E-state index contributed by atoms with van der Waals surface area (Å²) in [6, 6.07) is -0.632. The van der Waals surface area contributed by atoms with Gasteiger partial charge in [-0.25, -0.2) is 24.4 Å². The molecule has 1 aliphatic carbocycles. The maximum absolute atomic E-state index is 13.8. The number of ketones is 2. The first-order valence-electron chi connectivity index (χ1n) is 23.6. The predicted octanol–water partition coefficient (Wildman–Crippen LogP) is -3.76. The van der Waals surface area contributed by atoms with Crippen LogP contribution >= 0.6 is 21.6 Å². The zero-order chi connectivity index (χ0) is 55.8. The summed E-state index contributed by atoms with van der Waals surface area (Å²) in [6.45, 7) is 1.61. The van der Waals surface area contributed by atoms with Crippen molar-refractivity contribution < 1.29 is 68.0 Å². The number of nitrogen functional groups attached to an aromatic ring is 1. The molecule has 0 spiro atoms. The van der Waals surface area contributed by atoms with Gasteiger partial charge in [0.2, 0.25) is 35.2 Å². The number of primary amides is 1. The number of ether oxygens (including phenoxy) is 1. The number of hydrogen-bond donors (Lipinski definition) is 14. The highest BCUT2D eigenvalue weighted by molar-refractivity contribution is 8.76. The fraction of sp³-hybridized carbons (Fsp3) is 0.422. The number of benzene rings is 1. The number of allylic oxidation sites excluding steroid dienone is 2. The lowest BCUT2D eigenvalue weighted by atomic mass is 9.84. The number of carboxylic acid groups (broad SMARTS) is 3. The smallest absolute Gasteiger partial charge is 0.404 e. The molecule has 32 heteroatoms. The fourth-order valence-electron chi connectivity index (χ4n) is 8.79. The number of rotatable bonds is 27. The Balaban J connectivity index is 0.813. The van der Waals surface area contributed by atoms with Crippen LogP contribution in [0.5, 0.6) is 0 Å². The highest BCUT2D eigenvalue weighted by Gasteiger charge is 2.62. The minimum atomic E-state index is -1.81. The molecule has 3 aromatic rings. The van der Waals surface area contributed by atoms with Crippen molar-refractivity contribution in [3.05, 3.63) is 74.6 Å². The molecule has 5 amide bonds. The number of aliphatic carboxylic acids is 3. The number of nitrogens with two attached hydrogens (primary N) is 3. The number of aromatic amines is 1. The van der Waals surface area contributed by atoms with E-state index in [0.717, 1.165) is 21.6 Å². The van der Waals surface area contributed by atoms with E-state index >= 15 is 0 Å². The highest BCUT2D eigenvalue weighted by atomic mass is 33.1. The molecular formula is C45H53N15O15S2. The normalized spacial score (nSPS) is 19.7. The fourth-order valence-corrected chi connectivity index (χ4v) is 10.9. The molecule has 17 N–H and O–H groups in total. The molecule has 410 valence electrons. The van der Waals surface area contributed by atoms with Crippen molar-refractivity contribution in [3.63, 3.8) is 0 Å². The number of carbonyl (C=O) groups is 10. The van der Waals surface area contributed by atoms with Gasteiger partial charge >= 0.3 is 24.0 Å². The number of anilines is 2. The van der Waals surface area contributed by atoms with Gasteiger partial charge in [0.15, 0.2) is 11.2 Å². The molecule has 30 nitrogen and oxygen atoms in total. The minimum absolute atomic E-state index is 0.00763. The highest BCUT2D eigenvalue weighted by Crippen LogP contribution is 2.48. The third kappa shape index (κ3) is 13.7. The van der Waals surface area contributed by atoms with Gasteiger partial charge in [0.25, 0.3) is 11.5 Å². The van der Waals surface area contributed by atoms with Crippen molar-refractivity contribution in [1.82, 2.24) is 56.7 Å². The van der Waals surface area contributed by atoms with Crippen LogP contribution in [0.1, 0.15) is 42.2 Å². The number of carbonyl (C=O) groups excluding carboxylic acids is 7. The molecule has 8 atom stereocenters. The number of piperazine rings is 1. The van der Waals surface area contributed by atoms with Crippen LogP contribution in [0.2, 0.25) is 0 Å². The van der Waals surface area contributed by atoms with Crippen LogP contribution in [0.3, 0.4) is 0 Å². The lowest BCUT2D eigenvalue weighted by molar-refractivity contribution is -0.143. The Morgan fingerprint density at radius 1 is 0.909 bits per heavy atom. The molecule has 2 unspecified atom stereocenters. The summed E-state index contributed by atoms with van der Waals surface area (Å²) in [5.74, 6) is -9.66. The molecule has 0 radical (unpaired) electrons. The van der Waals surface area contributed by atoms with Crippen LogP contribution in [0.25, 0.3) is 11.2 Å². The van der Waals surface area contributed by atoms with Crippen LogP contribution < -0.4 is 60.0 Å². The van der Waals surface area contributed by atoms with E-state index in [1.165, 1.54) is 37.4 Å². The number of carboxylic acids is 3. The maximum Gasteiger partial charge on any atom is 0.404 e. The number of nitrogens with one attached hydrogen (secondary N) is 8. The largest absolute Gasteiger partial charge is 0.481 e. The Morgan fingerprint density at radius 3 is 2.31 bits per heavy atom. The summed E-state index contributed by atoms with van der Waals surface area (Å²) in [7, 11) is 2.19. The van der Waals surface area contributed by atoms with Gasteiger partial charge in [-0.05, 0) is 37.6 Å². The van der Waals surface area contributed by atoms with Crippen molar-refractivity contribution >= 4 is 104 Å². The molecule has 0 saturated carbocycles. The Labute approximate surface area is 442 Å². The van der Waals surface area contributed by atoms with E-state index in [0.29, 0.717) is 23.6 Å². The molecule has 1 aromatic carbocycles. The number of nitrogens with zero attached hydrogens (tertiary/aromatic N) is 4. The number of aromatic nitrogens is 4. The first-order chi connectivity index (χ1) is 36.6. The molecule has 77 heavy (non-hydrogen) atoms. The van der Waals surface area contributed by atoms with Gasteiger partial charge < -0.3 is 79.4 Å². The summed E-state index contributed by atoms with van der Waals surface area (Å²) >= 11 is 0. The quantitative estimate of drug-likeness (QED) is 0.0151. The van der Waals surface area contributed by atoms with E-state index in [2.05, 4.69) is 57.2 Å². The molecule has 2 aromatic heterocycles. The van der Waals surface area contributed by atoms with E-state index in [4.69, 9.17) is 21.9 Å². The van der Waals surface area contributed by atoms with Crippen LogP contribution in [0.15, 0.2) is 57.8 Å². The average Bonchev–Trinajstić information content (AvgIpc) is 3.97. The molecule has 0 bridgehead atoms. The van der Waals surface area contributed by atoms with Crippen molar-refractivity contribution in [2.75, 3.05) is 48.8 Å². The van der Waals surface area contributed by atoms with Crippen LogP contribution in [0.4, 0.5) is 16.4 Å². The first-order valence-corrected chi connectivity index (χ1v) is 26.0. The van der Waals surface area contributed by atoms with Gasteiger partial charge in [-0.3, -0.25) is 43.3 Å². The monoisotopic (exact) mass is 1110 g/mol.